The molecule has 4 heteroatoms. The van der Waals surface area contributed by atoms with E-state index in [1.807, 2.05) is 13.1 Å². The molecule has 2 fully saturated rings. The zero-order valence-electron chi connectivity index (χ0n) is 11.2. The van der Waals surface area contributed by atoms with Crippen molar-refractivity contribution in [3.8, 4) is 0 Å². The highest BCUT2D eigenvalue weighted by Crippen LogP contribution is 2.42. The van der Waals surface area contributed by atoms with E-state index < -0.39 is 5.97 Å². The number of nitrogens with zero attached hydrogens (tertiary/aromatic N) is 2. The van der Waals surface area contributed by atoms with Crippen molar-refractivity contribution in [1.29, 1.82) is 0 Å². The molecule has 2 aliphatic rings. The molecule has 0 radical (unpaired) electrons. The first kappa shape index (κ1) is 12.5. The molecule has 2 unspecified atom stereocenters. The lowest BCUT2D eigenvalue weighted by molar-refractivity contribution is -0.138. The Balaban J connectivity index is 1.78. The summed E-state index contributed by atoms with van der Waals surface area (Å²) in [5, 5.41) is 8.96. The van der Waals surface area contributed by atoms with Crippen molar-refractivity contribution in [3.63, 3.8) is 0 Å². The number of anilines is 1. The number of rotatable bonds is 3. The number of carbonyl (C=O) groups is 1. The van der Waals surface area contributed by atoms with Gasteiger partial charge >= 0.3 is 5.97 Å². The second kappa shape index (κ2) is 4.83. The molecule has 19 heavy (non-hydrogen) atoms. The zero-order valence-corrected chi connectivity index (χ0v) is 11.2. The van der Waals surface area contributed by atoms with Gasteiger partial charge in [-0.3, -0.25) is 9.78 Å². The summed E-state index contributed by atoms with van der Waals surface area (Å²) >= 11 is 0. The number of carboxylic acid groups (broad SMARTS) is 1. The fourth-order valence-corrected chi connectivity index (χ4v) is 3.82. The van der Waals surface area contributed by atoms with Gasteiger partial charge in [0.25, 0.3) is 0 Å². The summed E-state index contributed by atoms with van der Waals surface area (Å²) in [6, 6.07) is 5.26. The molecule has 1 N–H and O–H groups in total. The van der Waals surface area contributed by atoms with Crippen LogP contribution in [-0.4, -0.2) is 28.1 Å². The van der Waals surface area contributed by atoms with Gasteiger partial charge in [0.15, 0.2) is 0 Å². The third-order valence-corrected chi connectivity index (χ3v) is 4.47. The predicted molar refractivity (Wildman–Crippen MR) is 73.2 cm³/mol. The Labute approximate surface area is 113 Å². The maximum atomic E-state index is 10.9. The Morgan fingerprint density at radius 1 is 1.42 bits per heavy atom. The summed E-state index contributed by atoms with van der Waals surface area (Å²) in [4.78, 5) is 17.6. The molecule has 102 valence electrons. The first-order chi connectivity index (χ1) is 9.13. The van der Waals surface area contributed by atoms with Crippen LogP contribution in [0.15, 0.2) is 18.3 Å². The molecule has 3 rings (SSSR count). The van der Waals surface area contributed by atoms with Crippen LogP contribution in [0, 0.1) is 12.8 Å². The molecule has 2 atom stereocenters. The van der Waals surface area contributed by atoms with Crippen molar-refractivity contribution in [2.45, 2.75) is 51.1 Å². The molecule has 2 aliphatic heterocycles. The average molecular weight is 260 g/mol. The van der Waals surface area contributed by atoms with E-state index in [0.717, 1.165) is 18.5 Å². The number of aryl methyl sites for hydroxylation is 1. The Kier molecular flexibility index (Phi) is 3.17. The van der Waals surface area contributed by atoms with Crippen molar-refractivity contribution in [2.24, 2.45) is 5.92 Å². The Hall–Kier alpha value is -1.58. The van der Waals surface area contributed by atoms with Crippen LogP contribution in [0.1, 0.15) is 37.8 Å². The van der Waals surface area contributed by atoms with Crippen molar-refractivity contribution in [3.05, 3.63) is 24.0 Å². The van der Waals surface area contributed by atoms with Crippen LogP contribution in [0.2, 0.25) is 0 Å². The normalized spacial score (nSPS) is 29.5. The van der Waals surface area contributed by atoms with E-state index in [1.54, 1.807) is 0 Å². The Morgan fingerprint density at radius 2 is 2.11 bits per heavy atom. The molecule has 0 spiro atoms. The Morgan fingerprint density at radius 3 is 2.68 bits per heavy atom. The molecule has 0 saturated carbocycles. The van der Waals surface area contributed by atoms with Crippen LogP contribution in [0.3, 0.4) is 0 Å². The summed E-state index contributed by atoms with van der Waals surface area (Å²) in [7, 11) is 0. The minimum absolute atomic E-state index is 0.330. The molecule has 2 saturated heterocycles. The van der Waals surface area contributed by atoms with Crippen LogP contribution < -0.4 is 4.90 Å². The number of carboxylic acids is 1. The van der Waals surface area contributed by atoms with E-state index >= 15 is 0 Å². The van der Waals surface area contributed by atoms with Gasteiger partial charge in [0.05, 0.1) is 0 Å². The second-order valence-electron chi connectivity index (χ2n) is 5.88. The van der Waals surface area contributed by atoms with Crippen molar-refractivity contribution in [2.75, 3.05) is 4.90 Å². The van der Waals surface area contributed by atoms with Gasteiger partial charge < -0.3 is 10.0 Å². The van der Waals surface area contributed by atoms with E-state index in [2.05, 4.69) is 22.0 Å². The monoisotopic (exact) mass is 260 g/mol. The van der Waals surface area contributed by atoms with Gasteiger partial charge in [-0.25, -0.2) is 0 Å². The molecule has 1 aromatic heterocycles. The van der Waals surface area contributed by atoms with E-state index in [9.17, 15) is 4.79 Å². The number of hydrogen-bond acceptors (Lipinski definition) is 3. The lowest BCUT2D eigenvalue weighted by Crippen LogP contribution is -2.43. The number of piperidine rings is 1. The van der Waals surface area contributed by atoms with Gasteiger partial charge in [-0.2, -0.15) is 0 Å². The number of aromatic nitrogens is 1. The van der Waals surface area contributed by atoms with Crippen LogP contribution in [0.5, 0.6) is 0 Å². The van der Waals surface area contributed by atoms with Crippen molar-refractivity contribution >= 4 is 11.7 Å². The zero-order chi connectivity index (χ0) is 13.4. The molecule has 2 bridgehead atoms. The standard InChI is InChI=1S/C15H20N2O2/c1-10-6-14(4-5-16-10)17-12-2-3-13(17)8-11(7-12)9-15(18)19/h4-6,11-13H,2-3,7-9H2,1H3,(H,18,19). The van der Waals surface area contributed by atoms with Crippen molar-refractivity contribution in [1.82, 2.24) is 4.98 Å². The van der Waals surface area contributed by atoms with E-state index in [4.69, 9.17) is 5.11 Å². The van der Waals surface area contributed by atoms with Gasteiger partial charge in [-0.15, -0.1) is 0 Å². The maximum Gasteiger partial charge on any atom is 0.303 e. The van der Waals surface area contributed by atoms with Gasteiger partial charge in [-0.1, -0.05) is 0 Å². The average Bonchev–Trinajstić information content (AvgIpc) is 2.61. The van der Waals surface area contributed by atoms with E-state index in [-0.39, 0.29) is 0 Å². The number of pyridine rings is 1. The van der Waals surface area contributed by atoms with E-state index in [0.29, 0.717) is 24.4 Å². The fourth-order valence-electron chi connectivity index (χ4n) is 3.82. The minimum Gasteiger partial charge on any atom is -0.481 e. The first-order valence-electron chi connectivity index (χ1n) is 7.06. The van der Waals surface area contributed by atoms with Crippen LogP contribution >= 0.6 is 0 Å². The summed E-state index contributed by atoms with van der Waals surface area (Å²) in [5.74, 6) is -0.299. The number of fused-ring (bicyclic) bond motifs is 2. The van der Waals surface area contributed by atoms with Crippen LogP contribution in [-0.2, 0) is 4.79 Å². The van der Waals surface area contributed by atoms with Crippen molar-refractivity contribution < 1.29 is 9.90 Å². The third-order valence-electron chi connectivity index (χ3n) is 4.47. The van der Waals surface area contributed by atoms with Crippen LogP contribution in [0.25, 0.3) is 0 Å². The maximum absolute atomic E-state index is 10.9. The second-order valence-corrected chi connectivity index (χ2v) is 5.88. The third kappa shape index (κ3) is 2.44. The smallest absolute Gasteiger partial charge is 0.303 e. The molecule has 0 amide bonds. The molecular formula is C15H20N2O2. The summed E-state index contributed by atoms with van der Waals surface area (Å²) in [6.07, 6.45) is 6.63. The van der Waals surface area contributed by atoms with Crippen LogP contribution in [0.4, 0.5) is 5.69 Å². The molecule has 0 aromatic carbocycles. The summed E-state index contributed by atoms with van der Waals surface area (Å²) < 4.78 is 0. The molecular weight excluding hydrogens is 240 g/mol. The summed E-state index contributed by atoms with van der Waals surface area (Å²) in [5.41, 5.74) is 2.30. The molecule has 0 aliphatic carbocycles. The largest absolute Gasteiger partial charge is 0.481 e. The quantitative estimate of drug-likeness (QED) is 0.907. The van der Waals surface area contributed by atoms with Gasteiger partial charge in [-0.05, 0) is 50.7 Å². The highest BCUT2D eigenvalue weighted by Gasteiger charge is 2.41. The Bertz CT molecular complexity index is 475. The highest BCUT2D eigenvalue weighted by molar-refractivity contribution is 5.67. The number of hydrogen-bond donors (Lipinski definition) is 1. The number of aliphatic carboxylic acids is 1. The highest BCUT2D eigenvalue weighted by atomic mass is 16.4. The molecule has 1 aromatic rings. The lowest BCUT2D eigenvalue weighted by Gasteiger charge is -2.40. The minimum atomic E-state index is -0.655. The van der Waals surface area contributed by atoms with Gasteiger partial charge in [0.2, 0.25) is 0 Å². The topological polar surface area (TPSA) is 53.4 Å². The fraction of sp³-hybridized carbons (Fsp3) is 0.600. The van der Waals surface area contributed by atoms with Gasteiger partial charge in [0.1, 0.15) is 0 Å². The SMILES string of the molecule is Cc1cc(N2C3CCC2CC(CC(=O)O)C3)ccn1. The molecule has 3 heterocycles. The first-order valence-corrected chi connectivity index (χ1v) is 7.06. The van der Waals surface area contributed by atoms with Gasteiger partial charge in [0, 0.05) is 36.1 Å². The summed E-state index contributed by atoms with van der Waals surface area (Å²) in [6.45, 7) is 2.02. The van der Waals surface area contributed by atoms with E-state index in [1.165, 1.54) is 18.5 Å². The lowest BCUT2D eigenvalue weighted by atomic mass is 9.88. The molecule has 4 nitrogen and oxygen atoms in total. The predicted octanol–water partition coefficient (Wildman–Crippen LogP) is 2.61.